The highest BCUT2D eigenvalue weighted by atomic mass is 19.4. The van der Waals surface area contributed by atoms with E-state index in [1.165, 1.54) is 0 Å². The molecule has 90 valence electrons. The number of nitrogens with zero attached hydrogens (tertiary/aromatic N) is 1. The van der Waals surface area contributed by atoms with Crippen molar-refractivity contribution in [3.8, 4) is 0 Å². The second-order valence-corrected chi connectivity index (χ2v) is 3.24. The smallest absolute Gasteiger partial charge is 0.449 e. The van der Waals surface area contributed by atoms with E-state index in [9.17, 15) is 22.4 Å². The number of aromatic carboxylic acids is 1. The number of halogens is 4. The Bertz CT molecular complexity index is 603. The van der Waals surface area contributed by atoms with Crippen molar-refractivity contribution in [3.05, 3.63) is 29.3 Å². The molecule has 0 radical (unpaired) electrons. The van der Waals surface area contributed by atoms with Gasteiger partial charge < -0.3 is 10.1 Å². The highest BCUT2D eigenvalue weighted by molar-refractivity contribution is 6.00. The summed E-state index contributed by atoms with van der Waals surface area (Å²) in [7, 11) is 0. The molecule has 1 aromatic heterocycles. The average Bonchev–Trinajstić information content (AvgIpc) is 2.58. The largest absolute Gasteiger partial charge is 0.478 e. The molecule has 0 amide bonds. The number of fused-ring (bicyclic) bond motifs is 1. The highest BCUT2D eigenvalue weighted by Gasteiger charge is 2.35. The summed E-state index contributed by atoms with van der Waals surface area (Å²) in [6.45, 7) is 0. The first kappa shape index (κ1) is 11.4. The van der Waals surface area contributed by atoms with E-state index in [2.05, 4.69) is 4.98 Å². The van der Waals surface area contributed by atoms with E-state index in [0.29, 0.717) is 6.07 Å². The number of carboxylic acid groups (broad SMARTS) is 1. The standard InChI is InChI=1S/C9H4F4N2O2/c10-3-1-4(7(16)17)6-5(2-3)14-8(15-6)9(11,12)13/h1-2H,(H,14,15)(H,16,17). The topological polar surface area (TPSA) is 66.0 Å². The summed E-state index contributed by atoms with van der Waals surface area (Å²) in [6, 6.07) is 1.37. The first-order chi connectivity index (χ1) is 7.79. The van der Waals surface area contributed by atoms with Crippen LogP contribution in [-0.2, 0) is 6.18 Å². The van der Waals surface area contributed by atoms with Crippen LogP contribution in [0, 0.1) is 5.82 Å². The Kier molecular flexibility index (Phi) is 2.30. The van der Waals surface area contributed by atoms with Crippen LogP contribution in [0.25, 0.3) is 11.0 Å². The van der Waals surface area contributed by atoms with E-state index in [1.54, 1.807) is 0 Å². The van der Waals surface area contributed by atoms with Gasteiger partial charge in [0.2, 0.25) is 5.82 Å². The number of aromatic amines is 1. The minimum atomic E-state index is -4.74. The summed E-state index contributed by atoms with van der Waals surface area (Å²) in [5, 5.41) is 8.72. The van der Waals surface area contributed by atoms with Crippen LogP contribution in [0.2, 0.25) is 0 Å². The van der Waals surface area contributed by atoms with Gasteiger partial charge in [0.1, 0.15) is 11.3 Å². The van der Waals surface area contributed by atoms with Crippen LogP contribution in [0.4, 0.5) is 17.6 Å². The molecule has 2 N–H and O–H groups in total. The quantitative estimate of drug-likeness (QED) is 0.761. The molecule has 0 fully saturated rings. The molecular weight excluding hydrogens is 244 g/mol. The summed E-state index contributed by atoms with van der Waals surface area (Å²) < 4.78 is 49.9. The zero-order valence-corrected chi connectivity index (χ0v) is 7.97. The molecule has 8 heteroatoms. The number of hydrogen-bond acceptors (Lipinski definition) is 2. The Balaban J connectivity index is 2.76. The summed E-state index contributed by atoms with van der Waals surface area (Å²) in [6.07, 6.45) is -4.74. The highest BCUT2D eigenvalue weighted by Crippen LogP contribution is 2.29. The van der Waals surface area contributed by atoms with Crippen LogP contribution >= 0.6 is 0 Å². The van der Waals surface area contributed by atoms with Crippen LogP contribution in [0.3, 0.4) is 0 Å². The van der Waals surface area contributed by atoms with Gasteiger partial charge in [0.15, 0.2) is 0 Å². The van der Waals surface area contributed by atoms with Crippen LogP contribution in [0.1, 0.15) is 16.2 Å². The van der Waals surface area contributed by atoms with Gasteiger partial charge in [-0.15, -0.1) is 0 Å². The maximum atomic E-state index is 13.0. The van der Waals surface area contributed by atoms with E-state index < -0.39 is 34.9 Å². The number of rotatable bonds is 1. The van der Waals surface area contributed by atoms with Gasteiger partial charge in [-0.05, 0) is 12.1 Å². The molecule has 0 spiro atoms. The molecule has 2 aromatic rings. The zero-order valence-electron chi connectivity index (χ0n) is 7.97. The predicted octanol–water partition coefficient (Wildman–Crippen LogP) is 2.42. The lowest BCUT2D eigenvalue weighted by Gasteiger charge is -1.99. The fourth-order valence-corrected chi connectivity index (χ4v) is 1.38. The van der Waals surface area contributed by atoms with Crippen LogP contribution < -0.4 is 0 Å². The molecule has 0 bridgehead atoms. The number of carbonyl (C=O) groups is 1. The minimum absolute atomic E-state index is 0.310. The van der Waals surface area contributed by atoms with Crippen molar-refractivity contribution in [1.29, 1.82) is 0 Å². The van der Waals surface area contributed by atoms with Crippen molar-refractivity contribution < 1.29 is 27.5 Å². The number of H-pyrrole nitrogens is 1. The summed E-state index contributed by atoms with van der Waals surface area (Å²) in [5.74, 6) is -3.86. The van der Waals surface area contributed by atoms with E-state index >= 15 is 0 Å². The molecule has 4 nitrogen and oxygen atoms in total. The first-order valence-corrected chi connectivity index (χ1v) is 4.29. The lowest BCUT2D eigenvalue weighted by Crippen LogP contribution is -2.07. The molecule has 0 aliphatic rings. The molecule has 0 aliphatic carbocycles. The van der Waals surface area contributed by atoms with Gasteiger partial charge in [-0.25, -0.2) is 14.2 Å². The average molecular weight is 248 g/mol. The van der Waals surface area contributed by atoms with Crippen LogP contribution in [-0.4, -0.2) is 21.0 Å². The van der Waals surface area contributed by atoms with Gasteiger partial charge in [-0.1, -0.05) is 0 Å². The van der Waals surface area contributed by atoms with Crippen LogP contribution in [0.15, 0.2) is 12.1 Å². The number of nitrogens with one attached hydrogen (secondary N) is 1. The van der Waals surface area contributed by atoms with Crippen molar-refractivity contribution in [3.63, 3.8) is 0 Å². The van der Waals surface area contributed by atoms with Gasteiger partial charge in [0.05, 0.1) is 11.1 Å². The summed E-state index contributed by atoms with van der Waals surface area (Å²) in [5.41, 5.74) is -1.35. The van der Waals surface area contributed by atoms with Gasteiger partial charge in [0, 0.05) is 0 Å². The molecule has 0 saturated heterocycles. The number of imidazole rings is 1. The van der Waals surface area contributed by atoms with Gasteiger partial charge in [-0.2, -0.15) is 13.2 Å². The van der Waals surface area contributed by atoms with Crippen molar-refractivity contribution >= 4 is 17.0 Å². The van der Waals surface area contributed by atoms with Crippen LogP contribution in [0.5, 0.6) is 0 Å². The second kappa shape index (κ2) is 3.44. The van der Waals surface area contributed by atoms with Crippen molar-refractivity contribution in [2.75, 3.05) is 0 Å². The van der Waals surface area contributed by atoms with Gasteiger partial charge in [-0.3, -0.25) is 0 Å². The zero-order chi connectivity index (χ0) is 12.8. The van der Waals surface area contributed by atoms with E-state index in [1.807, 2.05) is 4.98 Å². The molecule has 0 atom stereocenters. The summed E-state index contributed by atoms with van der Waals surface area (Å²) >= 11 is 0. The molecule has 1 aromatic carbocycles. The Hall–Kier alpha value is -2.12. The SMILES string of the molecule is O=C(O)c1cc(F)cc2[nH]c(C(F)(F)F)nc12. The number of hydrogen-bond donors (Lipinski definition) is 2. The normalized spacial score (nSPS) is 12.0. The third-order valence-corrected chi connectivity index (χ3v) is 2.05. The first-order valence-electron chi connectivity index (χ1n) is 4.29. The molecule has 17 heavy (non-hydrogen) atoms. The van der Waals surface area contributed by atoms with E-state index in [-0.39, 0.29) is 5.52 Å². The number of carboxylic acids is 1. The molecule has 2 rings (SSSR count). The molecule has 1 heterocycles. The number of alkyl halides is 3. The molecular formula is C9H4F4N2O2. The Morgan fingerprint density at radius 3 is 2.53 bits per heavy atom. The Morgan fingerprint density at radius 2 is 2.00 bits per heavy atom. The number of benzene rings is 1. The molecule has 0 aliphatic heterocycles. The monoisotopic (exact) mass is 248 g/mol. The molecule has 0 unspecified atom stereocenters. The lowest BCUT2D eigenvalue weighted by molar-refractivity contribution is -0.144. The Morgan fingerprint density at radius 1 is 1.35 bits per heavy atom. The van der Waals surface area contributed by atoms with Crippen molar-refractivity contribution in [1.82, 2.24) is 9.97 Å². The fraction of sp³-hybridized carbons (Fsp3) is 0.111. The number of aromatic nitrogens is 2. The maximum Gasteiger partial charge on any atom is 0.449 e. The minimum Gasteiger partial charge on any atom is -0.478 e. The third-order valence-electron chi connectivity index (χ3n) is 2.05. The van der Waals surface area contributed by atoms with Gasteiger partial charge >= 0.3 is 12.1 Å². The van der Waals surface area contributed by atoms with Crippen molar-refractivity contribution in [2.45, 2.75) is 6.18 Å². The third kappa shape index (κ3) is 1.93. The molecule has 0 saturated carbocycles. The van der Waals surface area contributed by atoms with E-state index in [0.717, 1.165) is 6.07 Å². The predicted molar refractivity (Wildman–Crippen MR) is 48.0 cm³/mol. The van der Waals surface area contributed by atoms with Crippen molar-refractivity contribution in [2.24, 2.45) is 0 Å². The van der Waals surface area contributed by atoms with Gasteiger partial charge in [0.25, 0.3) is 0 Å². The maximum absolute atomic E-state index is 13.0. The lowest BCUT2D eigenvalue weighted by atomic mass is 10.2. The fourth-order valence-electron chi connectivity index (χ4n) is 1.38. The second-order valence-electron chi connectivity index (χ2n) is 3.24. The van der Waals surface area contributed by atoms with E-state index in [4.69, 9.17) is 5.11 Å². The Labute approximate surface area is 90.9 Å². The summed E-state index contributed by atoms with van der Waals surface area (Å²) in [4.78, 5) is 15.7.